The highest BCUT2D eigenvalue weighted by Crippen LogP contribution is 2.17. The fraction of sp³-hybridized carbons (Fsp3) is 0.333. The first-order valence-electron chi connectivity index (χ1n) is 5.46. The molecule has 0 aliphatic carbocycles. The first-order valence-corrected chi connectivity index (χ1v) is 7.29. The molecule has 0 aliphatic rings. The number of hydrogen-bond donors (Lipinski definition) is 0. The molecule has 0 spiro atoms. The summed E-state index contributed by atoms with van der Waals surface area (Å²) in [6.45, 7) is 1.99. The molecule has 17 heavy (non-hydrogen) atoms. The highest BCUT2D eigenvalue weighted by Gasteiger charge is 2.09. The van der Waals surface area contributed by atoms with Gasteiger partial charge in [-0.2, -0.15) is 0 Å². The standard InChI is InChI=1S/C12H14FNO2S/c1-2-17(15,16)8-7-14-6-5-10-3-4-11(13)9-12(10)14/h3-6,9H,2,7-8H2,1H3. The lowest BCUT2D eigenvalue weighted by molar-refractivity contribution is 0.591. The van der Waals surface area contributed by atoms with E-state index in [-0.39, 0.29) is 17.3 Å². The molecular weight excluding hydrogens is 241 g/mol. The molecule has 0 fully saturated rings. The third-order valence-corrected chi connectivity index (χ3v) is 4.50. The number of rotatable bonds is 4. The van der Waals surface area contributed by atoms with Crippen molar-refractivity contribution in [1.29, 1.82) is 0 Å². The Morgan fingerprint density at radius 1 is 1.29 bits per heavy atom. The van der Waals surface area contributed by atoms with Gasteiger partial charge in [0.1, 0.15) is 5.82 Å². The Hall–Kier alpha value is -1.36. The number of sulfone groups is 1. The fourth-order valence-corrected chi connectivity index (χ4v) is 2.50. The number of aryl methyl sites for hydroxylation is 1. The van der Waals surface area contributed by atoms with E-state index in [1.165, 1.54) is 12.1 Å². The normalized spacial score (nSPS) is 12.1. The molecule has 0 atom stereocenters. The van der Waals surface area contributed by atoms with Gasteiger partial charge in [-0.05, 0) is 29.7 Å². The van der Waals surface area contributed by atoms with Crippen LogP contribution >= 0.6 is 0 Å². The quantitative estimate of drug-likeness (QED) is 0.840. The summed E-state index contributed by atoms with van der Waals surface area (Å²) in [7, 11) is -2.99. The van der Waals surface area contributed by atoms with Gasteiger partial charge in [-0.1, -0.05) is 6.92 Å². The van der Waals surface area contributed by atoms with E-state index >= 15 is 0 Å². The lowest BCUT2D eigenvalue weighted by atomic mass is 10.2. The number of nitrogens with zero attached hydrogens (tertiary/aromatic N) is 1. The third-order valence-electron chi connectivity index (χ3n) is 2.82. The molecule has 1 heterocycles. The molecule has 1 aromatic carbocycles. The van der Waals surface area contributed by atoms with E-state index < -0.39 is 9.84 Å². The molecule has 0 bridgehead atoms. The Kier molecular flexibility index (Phi) is 3.19. The zero-order valence-corrected chi connectivity index (χ0v) is 10.4. The van der Waals surface area contributed by atoms with Crippen molar-refractivity contribution in [3.8, 4) is 0 Å². The van der Waals surface area contributed by atoms with Gasteiger partial charge in [-0.15, -0.1) is 0 Å². The van der Waals surface area contributed by atoms with Gasteiger partial charge in [0, 0.05) is 18.5 Å². The Morgan fingerprint density at radius 2 is 2.06 bits per heavy atom. The number of fused-ring (bicyclic) bond motifs is 1. The van der Waals surface area contributed by atoms with Crippen molar-refractivity contribution in [3.05, 3.63) is 36.3 Å². The molecule has 0 saturated heterocycles. The summed E-state index contributed by atoms with van der Waals surface area (Å²) in [4.78, 5) is 0. The van der Waals surface area contributed by atoms with Crippen LogP contribution in [0.2, 0.25) is 0 Å². The van der Waals surface area contributed by atoms with Gasteiger partial charge in [0.05, 0.1) is 11.3 Å². The van der Waals surface area contributed by atoms with Gasteiger partial charge in [0.15, 0.2) is 9.84 Å². The van der Waals surface area contributed by atoms with Crippen molar-refractivity contribution in [2.24, 2.45) is 0 Å². The van der Waals surface area contributed by atoms with Crippen molar-refractivity contribution in [2.75, 3.05) is 11.5 Å². The molecule has 0 amide bonds. The van der Waals surface area contributed by atoms with Crippen LogP contribution in [0.4, 0.5) is 4.39 Å². The van der Waals surface area contributed by atoms with Gasteiger partial charge in [-0.3, -0.25) is 0 Å². The second-order valence-electron chi connectivity index (χ2n) is 3.95. The van der Waals surface area contributed by atoms with Crippen LogP contribution in [0.5, 0.6) is 0 Å². The van der Waals surface area contributed by atoms with Gasteiger partial charge < -0.3 is 4.57 Å². The molecule has 1 aromatic heterocycles. The summed E-state index contributed by atoms with van der Waals surface area (Å²) in [6.07, 6.45) is 1.79. The molecular formula is C12H14FNO2S. The van der Waals surface area contributed by atoms with Gasteiger partial charge in [0.25, 0.3) is 0 Å². The number of hydrogen-bond acceptors (Lipinski definition) is 2. The zero-order valence-electron chi connectivity index (χ0n) is 9.56. The van der Waals surface area contributed by atoms with Gasteiger partial charge in [-0.25, -0.2) is 12.8 Å². The minimum atomic E-state index is -2.99. The second kappa shape index (κ2) is 4.49. The average Bonchev–Trinajstić information content (AvgIpc) is 2.69. The maximum Gasteiger partial charge on any atom is 0.151 e. The number of aromatic nitrogens is 1. The molecule has 2 rings (SSSR count). The zero-order chi connectivity index (χ0) is 12.5. The monoisotopic (exact) mass is 255 g/mol. The van der Waals surface area contributed by atoms with Crippen LogP contribution in [0, 0.1) is 5.82 Å². The smallest absolute Gasteiger partial charge is 0.151 e. The summed E-state index contributed by atoms with van der Waals surface area (Å²) in [5.41, 5.74) is 0.733. The van der Waals surface area contributed by atoms with E-state index in [0.29, 0.717) is 6.54 Å². The Bertz CT molecular complexity index is 631. The van der Waals surface area contributed by atoms with E-state index in [0.717, 1.165) is 10.9 Å². The topological polar surface area (TPSA) is 39.1 Å². The van der Waals surface area contributed by atoms with Crippen molar-refractivity contribution in [3.63, 3.8) is 0 Å². The van der Waals surface area contributed by atoms with Crippen molar-refractivity contribution < 1.29 is 12.8 Å². The molecule has 0 aliphatic heterocycles. The molecule has 92 valence electrons. The van der Waals surface area contributed by atoms with Crippen LogP contribution in [0.3, 0.4) is 0 Å². The SMILES string of the molecule is CCS(=O)(=O)CCn1ccc2ccc(F)cc21. The largest absolute Gasteiger partial charge is 0.346 e. The van der Waals surface area contributed by atoms with Crippen LogP contribution < -0.4 is 0 Å². The van der Waals surface area contributed by atoms with E-state index in [2.05, 4.69) is 0 Å². The highest BCUT2D eigenvalue weighted by molar-refractivity contribution is 7.91. The Labute approximate surface area is 99.8 Å². The summed E-state index contributed by atoms with van der Waals surface area (Å²) in [5.74, 6) is -0.0829. The molecule has 2 aromatic rings. The predicted octanol–water partition coefficient (Wildman–Crippen LogP) is 2.22. The second-order valence-corrected chi connectivity index (χ2v) is 6.42. The molecule has 0 N–H and O–H groups in total. The maximum absolute atomic E-state index is 13.1. The summed E-state index contributed by atoms with van der Waals surface area (Å²) < 4.78 is 37.7. The molecule has 3 nitrogen and oxygen atoms in total. The minimum Gasteiger partial charge on any atom is -0.346 e. The van der Waals surface area contributed by atoms with E-state index in [4.69, 9.17) is 0 Å². The summed E-state index contributed by atoms with van der Waals surface area (Å²) >= 11 is 0. The lowest BCUT2D eigenvalue weighted by Gasteiger charge is -2.05. The highest BCUT2D eigenvalue weighted by atomic mass is 32.2. The Balaban J connectivity index is 2.28. The summed E-state index contributed by atoms with van der Waals surface area (Å²) in [5, 5.41) is 0.917. The van der Waals surface area contributed by atoms with Gasteiger partial charge in [0.2, 0.25) is 0 Å². The molecule has 5 heteroatoms. The van der Waals surface area contributed by atoms with Crippen LogP contribution in [-0.4, -0.2) is 24.5 Å². The molecule has 0 saturated carbocycles. The van der Waals surface area contributed by atoms with Crippen LogP contribution in [0.25, 0.3) is 10.9 Å². The number of benzene rings is 1. The maximum atomic E-state index is 13.1. The first kappa shape index (κ1) is 12.1. The molecule has 0 radical (unpaired) electrons. The minimum absolute atomic E-state index is 0.0871. The van der Waals surface area contributed by atoms with Crippen molar-refractivity contribution in [1.82, 2.24) is 4.57 Å². The first-order chi connectivity index (χ1) is 8.02. The predicted molar refractivity (Wildman–Crippen MR) is 66.2 cm³/mol. The Morgan fingerprint density at radius 3 is 2.76 bits per heavy atom. The fourth-order valence-electron chi connectivity index (χ4n) is 1.73. The van der Waals surface area contributed by atoms with E-state index in [1.807, 2.05) is 6.07 Å². The van der Waals surface area contributed by atoms with Crippen molar-refractivity contribution in [2.45, 2.75) is 13.5 Å². The van der Waals surface area contributed by atoms with E-state index in [9.17, 15) is 12.8 Å². The summed E-state index contributed by atoms with van der Waals surface area (Å²) in [6, 6.07) is 6.37. The van der Waals surface area contributed by atoms with Crippen LogP contribution in [-0.2, 0) is 16.4 Å². The van der Waals surface area contributed by atoms with Crippen LogP contribution in [0.1, 0.15) is 6.92 Å². The van der Waals surface area contributed by atoms with Crippen molar-refractivity contribution >= 4 is 20.7 Å². The third kappa shape index (κ3) is 2.66. The average molecular weight is 255 g/mol. The van der Waals surface area contributed by atoms with Crippen LogP contribution in [0.15, 0.2) is 30.5 Å². The lowest BCUT2D eigenvalue weighted by Crippen LogP contribution is -2.14. The van der Waals surface area contributed by atoms with Gasteiger partial charge >= 0.3 is 0 Å². The molecule has 0 unspecified atom stereocenters. The van der Waals surface area contributed by atoms with E-state index in [1.54, 1.807) is 23.8 Å². The number of halogens is 1.